The molecule has 0 atom stereocenters. The average molecular weight is 175 g/mol. The Labute approximate surface area is 75.0 Å². The number of phenolic OH excluding ortho intramolecular Hbond substituents is 1. The van der Waals surface area contributed by atoms with Crippen molar-refractivity contribution in [1.29, 1.82) is 0 Å². The maximum atomic E-state index is 10.2. The normalized spacial score (nSPS) is 10.5. The van der Waals surface area contributed by atoms with Crippen molar-refractivity contribution in [1.82, 2.24) is 4.98 Å². The fraction of sp³-hybridized carbons (Fsp3) is 0.100. The van der Waals surface area contributed by atoms with E-state index < -0.39 is 0 Å². The van der Waals surface area contributed by atoms with Crippen molar-refractivity contribution in [3.8, 4) is 5.75 Å². The van der Waals surface area contributed by atoms with Gasteiger partial charge in [0.15, 0.2) is 0 Å². The SMILES string of the molecule is O=CCc1cc2ccc(O)cc2[nH]1. The number of aromatic amines is 1. The first-order valence-corrected chi connectivity index (χ1v) is 4.04. The van der Waals surface area contributed by atoms with E-state index in [1.807, 2.05) is 12.1 Å². The number of phenols is 1. The van der Waals surface area contributed by atoms with Crippen molar-refractivity contribution in [3.63, 3.8) is 0 Å². The van der Waals surface area contributed by atoms with Crippen molar-refractivity contribution in [3.05, 3.63) is 30.0 Å². The first kappa shape index (κ1) is 7.86. The first-order valence-electron chi connectivity index (χ1n) is 4.04. The minimum Gasteiger partial charge on any atom is -0.508 e. The van der Waals surface area contributed by atoms with E-state index >= 15 is 0 Å². The van der Waals surface area contributed by atoms with Crippen LogP contribution in [0.3, 0.4) is 0 Å². The van der Waals surface area contributed by atoms with Gasteiger partial charge in [0.05, 0.1) is 0 Å². The predicted octanol–water partition coefficient (Wildman–Crippen LogP) is 1.61. The molecule has 0 spiro atoms. The van der Waals surface area contributed by atoms with E-state index in [1.165, 1.54) is 0 Å². The molecule has 66 valence electrons. The van der Waals surface area contributed by atoms with Crippen LogP contribution in [0.1, 0.15) is 5.69 Å². The van der Waals surface area contributed by atoms with Gasteiger partial charge in [0, 0.05) is 23.7 Å². The van der Waals surface area contributed by atoms with E-state index in [1.54, 1.807) is 12.1 Å². The van der Waals surface area contributed by atoms with Gasteiger partial charge in [-0.25, -0.2) is 0 Å². The lowest BCUT2D eigenvalue weighted by Gasteiger charge is -1.90. The summed E-state index contributed by atoms with van der Waals surface area (Å²) in [5.74, 6) is 0.229. The fourth-order valence-electron chi connectivity index (χ4n) is 1.37. The van der Waals surface area contributed by atoms with Gasteiger partial charge < -0.3 is 14.9 Å². The second-order valence-corrected chi connectivity index (χ2v) is 2.94. The number of H-pyrrole nitrogens is 1. The Morgan fingerprint density at radius 1 is 1.38 bits per heavy atom. The lowest BCUT2D eigenvalue weighted by Crippen LogP contribution is -1.83. The summed E-state index contributed by atoms with van der Waals surface area (Å²) in [5.41, 5.74) is 1.73. The standard InChI is InChI=1S/C10H9NO2/c12-4-3-8-5-7-1-2-9(13)6-10(7)11-8/h1-2,4-6,11,13H,3H2. The van der Waals surface area contributed by atoms with Crippen molar-refractivity contribution >= 4 is 17.2 Å². The summed E-state index contributed by atoms with van der Waals surface area (Å²) in [6.07, 6.45) is 1.24. The van der Waals surface area contributed by atoms with Gasteiger partial charge in [0.25, 0.3) is 0 Å². The summed E-state index contributed by atoms with van der Waals surface area (Å²) < 4.78 is 0. The van der Waals surface area contributed by atoms with Crippen LogP contribution in [0, 0.1) is 0 Å². The molecule has 2 N–H and O–H groups in total. The minimum absolute atomic E-state index is 0.229. The molecule has 0 bridgehead atoms. The predicted molar refractivity (Wildman–Crippen MR) is 49.7 cm³/mol. The molecular weight excluding hydrogens is 166 g/mol. The van der Waals surface area contributed by atoms with Crippen LogP contribution in [0.5, 0.6) is 5.75 Å². The quantitative estimate of drug-likeness (QED) is 0.681. The average Bonchev–Trinajstić information content (AvgIpc) is 2.46. The highest BCUT2D eigenvalue weighted by atomic mass is 16.3. The van der Waals surface area contributed by atoms with Crippen LogP contribution in [-0.4, -0.2) is 16.4 Å². The van der Waals surface area contributed by atoms with Gasteiger partial charge in [-0.05, 0) is 23.6 Å². The highest BCUT2D eigenvalue weighted by Crippen LogP contribution is 2.20. The van der Waals surface area contributed by atoms with Gasteiger partial charge in [-0.3, -0.25) is 0 Å². The largest absolute Gasteiger partial charge is 0.508 e. The van der Waals surface area contributed by atoms with Crippen LogP contribution in [0.2, 0.25) is 0 Å². The van der Waals surface area contributed by atoms with Crippen LogP contribution in [-0.2, 0) is 11.2 Å². The highest BCUT2D eigenvalue weighted by molar-refractivity contribution is 5.82. The molecular formula is C10H9NO2. The van der Waals surface area contributed by atoms with Gasteiger partial charge in [0.2, 0.25) is 0 Å². The lowest BCUT2D eigenvalue weighted by molar-refractivity contribution is -0.107. The number of benzene rings is 1. The van der Waals surface area contributed by atoms with Crippen LogP contribution in [0.4, 0.5) is 0 Å². The van der Waals surface area contributed by atoms with Crippen LogP contribution in [0.15, 0.2) is 24.3 Å². The third-order valence-corrected chi connectivity index (χ3v) is 1.97. The number of rotatable bonds is 2. The molecule has 0 amide bonds. The van der Waals surface area contributed by atoms with Crippen LogP contribution < -0.4 is 0 Å². The van der Waals surface area contributed by atoms with Gasteiger partial charge in [0.1, 0.15) is 12.0 Å². The second-order valence-electron chi connectivity index (χ2n) is 2.94. The van der Waals surface area contributed by atoms with Crippen molar-refractivity contribution in [2.75, 3.05) is 0 Å². The molecule has 0 radical (unpaired) electrons. The van der Waals surface area contributed by atoms with Crippen LogP contribution in [0.25, 0.3) is 10.9 Å². The molecule has 0 saturated carbocycles. The lowest BCUT2D eigenvalue weighted by atomic mass is 10.2. The molecule has 0 saturated heterocycles. The number of hydrogen-bond acceptors (Lipinski definition) is 2. The Morgan fingerprint density at radius 3 is 3.00 bits per heavy atom. The molecule has 0 aliphatic carbocycles. The number of aldehydes is 1. The summed E-state index contributed by atoms with van der Waals surface area (Å²) in [5, 5.41) is 10.2. The van der Waals surface area contributed by atoms with E-state index in [0.717, 1.165) is 22.9 Å². The van der Waals surface area contributed by atoms with Gasteiger partial charge in [-0.1, -0.05) is 0 Å². The number of nitrogens with one attached hydrogen (secondary N) is 1. The molecule has 2 aromatic rings. The van der Waals surface area contributed by atoms with E-state index in [0.29, 0.717) is 6.42 Å². The Bertz CT molecular complexity index is 445. The molecule has 0 aliphatic heterocycles. The minimum atomic E-state index is 0.229. The Kier molecular flexibility index (Phi) is 1.77. The number of carbonyl (C=O) groups excluding carboxylic acids is 1. The van der Waals surface area contributed by atoms with Gasteiger partial charge in [-0.2, -0.15) is 0 Å². The third kappa shape index (κ3) is 1.40. The summed E-state index contributed by atoms with van der Waals surface area (Å²) in [4.78, 5) is 13.3. The zero-order valence-electron chi connectivity index (χ0n) is 6.95. The van der Waals surface area contributed by atoms with Gasteiger partial charge in [-0.15, -0.1) is 0 Å². The van der Waals surface area contributed by atoms with Crippen molar-refractivity contribution < 1.29 is 9.90 Å². The first-order chi connectivity index (χ1) is 6.29. The zero-order valence-corrected chi connectivity index (χ0v) is 6.95. The molecule has 13 heavy (non-hydrogen) atoms. The molecule has 1 heterocycles. The molecule has 1 aromatic carbocycles. The molecule has 1 aromatic heterocycles. The monoisotopic (exact) mass is 175 g/mol. The third-order valence-electron chi connectivity index (χ3n) is 1.97. The van der Waals surface area contributed by atoms with E-state index in [4.69, 9.17) is 0 Å². The Morgan fingerprint density at radius 2 is 2.23 bits per heavy atom. The highest BCUT2D eigenvalue weighted by Gasteiger charge is 2.00. The number of fused-ring (bicyclic) bond motifs is 1. The maximum absolute atomic E-state index is 10.2. The van der Waals surface area contributed by atoms with E-state index in [-0.39, 0.29) is 5.75 Å². The Balaban J connectivity index is 2.55. The molecule has 3 nitrogen and oxygen atoms in total. The summed E-state index contributed by atoms with van der Waals surface area (Å²) in [7, 11) is 0. The summed E-state index contributed by atoms with van der Waals surface area (Å²) >= 11 is 0. The summed E-state index contributed by atoms with van der Waals surface area (Å²) in [6.45, 7) is 0. The molecule has 0 fully saturated rings. The molecule has 2 rings (SSSR count). The Hall–Kier alpha value is -1.77. The number of aromatic nitrogens is 1. The smallest absolute Gasteiger partial charge is 0.125 e. The summed E-state index contributed by atoms with van der Waals surface area (Å²) in [6, 6.07) is 6.99. The number of carbonyl (C=O) groups is 1. The van der Waals surface area contributed by atoms with Crippen LogP contribution >= 0.6 is 0 Å². The van der Waals surface area contributed by atoms with Gasteiger partial charge >= 0.3 is 0 Å². The van der Waals surface area contributed by atoms with Crippen molar-refractivity contribution in [2.45, 2.75) is 6.42 Å². The molecule has 0 unspecified atom stereocenters. The molecule has 0 aliphatic rings. The second kappa shape index (κ2) is 2.94. The molecule has 3 heteroatoms. The van der Waals surface area contributed by atoms with E-state index in [2.05, 4.69) is 4.98 Å². The fourth-order valence-corrected chi connectivity index (χ4v) is 1.37. The maximum Gasteiger partial charge on any atom is 0.125 e. The number of aromatic hydroxyl groups is 1. The zero-order chi connectivity index (χ0) is 9.26. The number of hydrogen-bond donors (Lipinski definition) is 2. The van der Waals surface area contributed by atoms with Crippen molar-refractivity contribution in [2.24, 2.45) is 0 Å². The van der Waals surface area contributed by atoms with E-state index in [9.17, 15) is 9.90 Å². The topological polar surface area (TPSA) is 53.1 Å².